The Hall–Kier alpha value is -3.91. The van der Waals surface area contributed by atoms with Crippen LogP contribution in [0.5, 0.6) is 17.2 Å². The highest BCUT2D eigenvalue weighted by molar-refractivity contribution is 9.10. The minimum absolute atomic E-state index is 0.0901. The van der Waals surface area contributed by atoms with Gasteiger partial charge in [-0.1, -0.05) is 30.3 Å². The Bertz CT molecular complexity index is 1390. The largest absolute Gasteiger partial charge is 0.507 e. The highest BCUT2D eigenvalue weighted by Crippen LogP contribution is 2.36. The summed E-state index contributed by atoms with van der Waals surface area (Å²) in [6.07, 6.45) is 1.53. The second-order valence-corrected chi connectivity index (χ2v) is 7.87. The minimum atomic E-state index is -0.395. The molecule has 8 heteroatoms. The Kier molecular flexibility index (Phi) is 5.20. The van der Waals surface area contributed by atoms with Crippen molar-refractivity contribution in [2.24, 2.45) is 5.10 Å². The number of hydrogen-bond acceptors (Lipinski definition) is 6. The van der Waals surface area contributed by atoms with E-state index in [-0.39, 0.29) is 12.5 Å². The fraction of sp³-hybridized carbons (Fsp3) is 0.0417. The number of carbonyl (C=O) groups excluding carboxylic acids is 1. The molecule has 0 radical (unpaired) electrons. The third kappa shape index (κ3) is 3.76. The smallest absolute Gasteiger partial charge is 0.272 e. The van der Waals surface area contributed by atoms with E-state index in [0.29, 0.717) is 39.2 Å². The molecule has 1 amide bonds. The van der Waals surface area contributed by atoms with Gasteiger partial charge in [0.25, 0.3) is 5.91 Å². The first kappa shape index (κ1) is 20.0. The molecule has 4 aromatic rings. The molecule has 1 aliphatic heterocycles. The Morgan fingerprint density at radius 1 is 1.06 bits per heavy atom. The Morgan fingerprint density at radius 3 is 2.66 bits per heavy atom. The summed E-state index contributed by atoms with van der Waals surface area (Å²) in [5.74, 6) is 0.965. The van der Waals surface area contributed by atoms with Gasteiger partial charge in [0.1, 0.15) is 5.75 Å². The number of phenols is 1. The van der Waals surface area contributed by atoms with Crippen LogP contribution in [0.25, 0.3) is 22.2 Å². The second-order valence-electron chi connectivity index (χ2n) is 7.02. The van der Waals surface area contributed by atoms with Crippen molar-refractivity contribution >= 4 is 39.0 Å². The molecule has 0 unspecified atom stereocenters. The number of nitrogens with one attached hydrogen (secondary N) is 1. The number of pyridine rings is 1. The topological polar surface area (TPSA) is 93.0 Å². The van der Waals surface area contributed by atoms with Crippen LogP contribution >= 0.6 is 15.9 Å². The summed E-state index contributed by atoms with van der Waals surface area (Å²) in [4.78, 5) is 17.6. The van der Waals surface area contributed by atoms with Gasteiger partial charge in [0.15, 0.2) is 11.5 Å². The van der Waals surface area contributed by atoms with Gasteiger partial charge in [0.05, 0.1) is 23.0 Å². The molecule has 158 valence electrons. The molecule has 5 rings (SSSR count). The summed E-state index contributed by atoms with van der Waals surface area (Å²) in [7, 11) is 0. The summed E-state index contributed by atoms with van der Waals surface area (Å²) in [6.45, 7) is 0.174. The third-order valence-electron chi connectivity index (χ3n) is 5.00. The summed E-state index contributed by atoms with van der Waals surface area (Å²) < 4.78 is 11.5. The lowest BCUT2D eigenvalue weighted by Crippen LogP contribution is -2.18. The highest BCUT2D eigenvalue weighted by atomic mass is 79.9. The van der Waals surface area contributed by atoms with Gasteiger partial charge in [-0.3, -0.25) is 4.79 Å². The number of hydrazone groups is 1. The van der Waals surface area contributed by atoms with Gasteiger partial charge in [-0.15, -0.1) is 0 Å². The number of amides is 1. The van der Waals surface area contributed by atoms with E-state index in [0.717, 1.165) is 10.0 Å². The molecule has 0 fully saturated rings. The predicted octanol–water partition coefficient (Wildman–Crippen LogP) is 4.86. The van der Waals surface area contributed by atoms with Gasteiger partial charge < -0.3 is 14.6 Å². The maximum Gasteiger partial charge on any atom is 0.272 e. The predicted molar refractivity (Wildman–Crippen MR) is 124 cm³/mol. The van der Waals surface area contributed by atoms with Gasteiger partial charge in [0, 0.05) is 21.0 Å². The van der Waals surface area contributed by atoms with E-state index in [2.05, 4.69) is 31.4 Å². The normalized spacial score (nSPS) is 12.4. The number of ether oxygens (including phenoxy) is 2. The van der Waals surface area contributed by atoms with Crippen molar-refractivity contribution in [1.29, 1.82) is 0 Å². The van der Waals surface area contributed by atoms with Crippen molar-refractivity contribution in [3.8, 4) is 28.5 Å². The molecule has 7 nitrogen and oxygen atoms in total. The number of aromatic nitrogens is 1. The lowest BCUT2D eigenvalue weighted by Gasteiger charge is -2.10. The van der Waals surface area contributed by atoms with Crippen molar-refractivity contribution in [3.05, 3.63) is 82.3 Å². The maximum absolute atomic E-state index is 13.0. The van der Waals surface area contributed by atoms with Crippen molar-refractivity contribution < 1.29 is 19.4 Å². The monoisotopic (exact) mass is 489 g/mol. The van der Waals surface area contributed by atoms with Gasteiger partial charge in [-0.05, 0) is 52.3 Å². The third-order valence-corrected chi connectivity index (χ3v) is 5.69. The van der Waals surface area contributed by atoms with Crippen LogP contribution in [0.3, 0.4) is 0 Å². The zero-order valence-electron chi connectivity index (χ0n) is 16.6. The number of halogens is 1. The number of hydrogen-bond donors (Lipinski definition) is 2. The van der Waals surface area contributed by atoms with Crippen LogP contribution in [0.15, 0.2) is 76.3 Å². The number of carbonyl (C=O) groups is 1. The highest BCUT2D eigenvalue weighted by Gasteiger charge is 2.17. The van der Waals surface area contributed by atoms with E-state index in [1.165, 1.54) is 6.21 Å². The standard InChI is InChI=1S/C24H16BrN3O4/c25-18-11-23-22(31-13-32-23)9-14(18)12-26-28-24(30)17-10-20(16-6-2-4-8-21(16)29)27-19-7-3-1-5-15(17)19/h1-12,29H,13H2,(H,28,30)/b26-12-. The van der Waals surface area contributed by atoms with Crippen molar-refractivity contribution in [2.45, 2.75) is 0 Å². The molecule has 3 aromatic carbocycles. The van der Waals surface area contributed by atoms with Gasteiger partial charge in [0.2, 0.25) is 6.79 Å². The first-order valence-electron chi connectivity index (χ1n) is 9.71. The molecule has 0 spiro atoms. The van der Waals surface area contributed by atoms with Crippen molar-refractivity contribution in [2.75, 3.05) is 6.79 Å². The second kappa shape index (κ2) is 8.32. The van der Waals surface area contributed by atoms with Crippen LogP contribution in [0.2, 0.25) is 0 Å². The van der Waals surface area contributed by atoms with E-state index in [9.17, 15) is 9.90 Å². The van der Waals surface area contributed by atoms with E-state index in [4.69, 9.17) is 9.47 Å². The lowest BCUT2D eigenvalue weighted by molar-refractivity contribution is 0.0956. The zero-order chi connectivity index (χ0) is 22.1. The van der Waals surface area contributed by atoms with Crippen LogP contribution in [0.4, 0.5) is 0 Å². The minimum Gasteiger partial charge on any atom is -0.507 e. The number of rotatable bonds is 4. The van der Waals surface area contributed by atoms with Crippen LogP contribution in [0, 0.1) is 0 Å². The molecule has 1 aromatic heterocycles. The van der Waals surface area contributed by atoms with Crippen LogP contribution < -0.4 is 14.9 Å². The number of fused-ring (bicyclic) bond motifs is 2. The van der Waals surface area contributed by atoms with Crippen LogP contribution in [-0.2, 0) is 0 Å². The number of benzene rings is 3. The summed E-state index contributed by atoms with van der Waals surface area (Å²) in [5, 5.41) is 15.0. The Morgan fingerprint density at radius 2 is 1.81 bits per heavy atom. The molecule has 0 aliphatic carbocycles. The molecule has 0 atom stereocenters. The Balaban J connectivity index is 1.47. The molecular weight excluding hydrogens is 474 g/mol. The molecule has 0 saturated carbocycles. The number of nitrogens with zero attached hydrogens (tertiary/aromatic N) is 2. The van der Waals surface area contributed by atoms with Gasteiger partial charge in [-0.25, -0.2) is 10.4 Å². The Labute approximate surface area is 191 Å². The number of para-hydroxylation sites is 2. The average molecular weight is 490 g/mol. The van der Waals surface area contributed by atoms with Crippen molar-refractivity contribution in [1.82, 2.24) is 10.4 Å². The molecule has 2 heterocycles. The molecule has 0 bridgehead atoms. The number of aromatic hydroxyl groups is 1. The summed E-state index contributed by atoms with van der Waals surface area (Å²) >= 11 is 3.47. The first-order valence-corrected chi connectivity index (χ1v) is 10.5. The molecular formula is C24H16BrN3O4. The summed E-state index contributed by atoms with van der Waals surface area (Å²) in [5.41, 5.74) is 5.38. The van der Waals surface area contributed by atoms with Crippen LogP contribution in [0.1, 0.15) is 15.9 Å². The van der Waals surface area contributed by atoms with Gasteiger partial charge >= 0.3 is 0 Å². The van der Waals surface area contributed by atoms with Gasteiger partial charge in [-0.2, -0.15) is 5.10 Å². The number of phenolic OH excluding ortho intramolecular Hbond substituents is 1. The van der Waals surface area contributed by atoms with Crippen LogP contribution in [-0.4, -0.2) is 29.0 Å². The van der Waals surface area contributed by atoms with E-state index in [1.807, 2.05) is 24.3 Å². The summed E-state index contributed by atoms with van der Waals surface area (Å²) in [6, 6.07) is 19.4. The lowest BCUT2D eigenvalue weighted by atomic mass is 10.0. The average Bonchev–Trinajstić information content (AvgIpc) is 3.25. The molecule has 2 N–H and O–H groups in total. The van der Waals surface area contributed by atoms with E-state index >= 15 is 0 Å². The SMILES string of the molecule is O=C(N/N=C\c1cc2c(cc1Br)OCO2)c1cc(-c2ccccc2O)nc2ccccc12. The molecule has 1 aliphatic rings. The van der Waals surface area contributed by atoms with E-state index in [1.54, 1.807) is 42.5 Å². The fourth-order valence-corrected chi connectivity index (χ4v) is 3.87. The molecule has 0 saturated heterocycles. The quantitative estimate of drug-likeness (QED) is 0.315. The molecule has 32 heavy (non-hydrogen) atoms. The van der Waals surface area contributed by atoms with Crippen molar-refractivity contribution in [3.63, 3.8) is 0 Å². The van der Waals surface area contributed by atoms with E-state index < -0.39 is 5.91 Å². The fourth-order valence-electron chi connectivity index (χ4n) is 3.44. The first-order chi connectivity index (χ1) is 15.6. The zero-order valence-corrected chi connectivity index (χ0v) is 18.2. The maximum atomic E-state index is 13.0.